The Morgan fingerprint density at radius 3 is 2.79 bits per heavy atom. The summed E-state index contributed by atoms with van der Waals surface area (Å²) in [6.45, 7) is 2.13. The topological polar surface area (TPSA) is 63.6 Å². The van der Waals surface area contributed by atoms with Crippen molar-refractivity contribution in [2.45, 2.75) is 19.8 Å². The fraction of sp³-hybridized carbons (Fsp3) is 0.286. The van der Waals surface area contributed by atoms with E-state index in [4.69, 9.17) is 9.84 Å². The van der Waals surface area contributed by atoms with Crippen molar-refractivity contribution in [2.75, 3.05) is 6.61 Å². The molecule has 19 heavy (non-hydrogen) atoms. The first-order valence-corrected chi connectivity index (χ1v) is 6.68. The van der Waals surface area contributed by atoms with Gasteiger partial charge in [-0.05, 0) is 36.6 Å². The van der Waals surface area contributed by atoms with Crippen molar-refractivity contribution in [2.24, 2.45) is 0 Å². The Balaban J connectivity index is 2.85. The average molecular weight is 327 g/mol. The highest BCUT2D eigenvalue weighted by Gasteiger charge is 2.08. The molecule has 0 amide bonds. The highest BCUT2D eigenvalue weighted by Crippen LogP contribution is 2.23. The molecule has 0 bridgehead atoms. The van der Waals surface area contributed by atoms with Gasteiger partial charge in [0.05, 0.1) is 6.61 Å². The first kappa shape index (κ1) is 15.4. The van der Waals surface area contributed by atoms with Crippen LogP contribution in [0, 0.1) is 0 Å². The third kappa shape index (κ3) is 5.26. The van der Waals surface area contributed by atoms with E-state index in [2.05, 4.69) is 15.9 Å². The van der Waals surface area contributed by atoms with E-state index in [0.29, 0.717) is 13.0 Å². The van der Waals surface area contributed by atoms with Crippen molar-refractivity contribution in [1.82, 2.24) is 0 Å². The van der Waals surface area contributed by atoms with Crippen LogP contribution in [0.2, 0.25) is 0 Å². The zero-order valence-corrected chi connectivity index (χ0v) is 12.1. The number of aryl methyl sites for hydroxylation is 1. The normalized spacial score (nSPS) is 10.6. The predicted octanol–water partition coefficient (Wildman–Crippen LogP) is 3.04. The van der Waals surface area contributed by atoms with Crippen molar-refractivity contribution < 1.29 is 19.4 Å². The van der Waals surface area contributed by atoms with Gasteiger partial charge in [-0.3, -0.25) is 4.79 Å². The summed E-state index contributed by atoms with van der Waals surface area (Å²) < 4.78 is 5.67. The molecule has 0 aromatic heterocycles. The molecule has 0 atom stereocenters. The summed E-state index contributed by atoms with van der Waals surface area (Å²) >= 11 is 3.37. The van der Waals surface area contributed by atoms with Crippen molar-refractivity contribution in [3.05, 3.63) is 39.9 Å². The minimum atomic E-state index is -1.01. The molecule has 0 aliphatic rings. The van der Waals surface area contributed by atoms with E-state index in [-0.39, 0.29) is 12.4 Å². The average Bonchev–Trinajstić information content (AvgIpc) is 2.35. The molecule has 0 aliphatic carbocycles. The van der Waals surface area contributed by atoms with Gasteiger partial charge in [0, 0.05) is 17.0 Å². The second-order valence-electron chi connectivity index (χ2n) is 3.79. The van der Waals surface area contributed by atoms with Crippen LogP contribution < -0.4 is 0 Å². The number of aliphatic carboxylic acids is 1. The number of esters is 1. The third-order valence-electron chi connectivity index (χ3n) is 2.44. The van der Waals surface area contributed by atoms with E-state index in [1.165, 1.54) is 6.08 Å². The van der Waals surface area contributed by atoms with Gasteiger partial charge in [-0.2, -0.15) is 0 Å². The second kappa shape index (κ2) is 7.74. The summed E-state index contributed by atoms with van der Waals surface area (Å²) in [6.07, 6.45) is 3.39. The number of carboxylic acid groups (broad SMARTS) is 1. The van der Waals surface area contributed by atoms with E-state index in [1.807, 2.05) is 18.2 Å². The Morgan fingerprint density at radius 1 is 1.42 bits per heavy atom. The van der Waals surface area contributed by atoms with Gasteiger partial charge in [0.15, 0.2) is 0 Å². The third-order valence-corrected chi connectivity index (χ3v) is 3.13. The molecule has 5 heteroatoms. The quantitative estimate of drug-likeness (QED) is 0.644. The first-order chi connectivity index (χ1) is 9.04. The number of halogens is 1. The molecular weight excluding hydrogens is 312 g/mol. The van der Waals surface area contributed by atoms with E-state index >= 15 is 0 Å². The molecule has 1 rings (SSSR count). The number of hydrogen-bond donors (Lipinski definition) is 1. The molecule has 1 N–H and O–H groups in total. The maximum absolute atomic E-state index is 11.3. The Labute approximate surface area is 120 Å². The van der Waals surface area contributed by atoms with Crippen LogP contribution in [0.5, 0.6) is 0 Å². The minimum Gasteiger partial charge on any atom is -0.478 e. The summed E-state index contributed by atoms with van der Waals surface area (Å²) in [7, 11) is 0. The molecule has 0 radical (unpaired) electrons. The number of rotatable bonds is 6. The van der Waals surface area contributed by atoms with Crippen LogP contribution in [0.1, 0.15) is 24.5 Å². The van der Waals surface area contributed by atoms with Gasteiger partial charge >= 0.3 is 11.9 Å². The molecule has 0 aliphatic heterocycles. The summed E-state index contributed by atoms with van der Waals surface area (Å²) in [6, 6.07) is 5.55. The van der Waals surface area contributed by atoms with E-state index in [9.17, 15) is 9.59 Å². The Kier molecular flexibility index (Phi) is 6.29. The van der Waals surface area contributed by atoms with Crippen molar-refractivity contribution in [3.63, 3.8) is 0 Å². The van der Waals surface area contributed by atoms with Crippen LogP contribution in [-0.4, -0.2) is 23.7 Å². The van der Waals surface area contributed by atoms with Crippen LogP contribution in [0.3, 0.4) is 0 Å². The highest BCUT2D eigenvalue weighted by atomic mass is 79.9. The maximum atomic E-state index is 11.3. The fourth-order valence-electron chi connectivity index (χ4n) is 1.61. The van der Waals surface area contributed by atoms with Gasteiger partial charge in [-0.15, -0.1) is 0 Å². The SMILES string of the molecule is CCOC(=O)CCc1cccc(Br)c1C=CC(=O)O. The van der Waals surface area contributed by atoms with E-state index in [1.54, 1.807) is 6.92 Å². The first-order valence-electron chi connectivity index (χ1n) is 5.88. The van der Waals surface area contributed by atoms with Gasteiger partial charge in [-0.1, -0.05) is 28.1 Å². The molecular formula is C14H15BrO4. The van der Waals surface area contributed by atoms with Crippen LogP contribution in [0.25, 0.3) is 6.08 Å². The molecule has 0 saturated carbocycles. The standard InChI is InChI=1S/C14H15BrO4/c1-2-19-14(18)9-6-10-4-3-5-12(15)11(10)7-8-13(16)17/h3-5,7-8H,2,6,9H2,1H3,(H,16,17). The molecule has 4 nitrogen and oxygen atoms in total. The molecule has 0 fully saturated rings. The summed E-state index contributed by atoms with van der Waals surface area (Å²) in [5, 5.41) is 8.67. The Hall–Kier alpha value is -1.62. The monoisotopic (exact) mass is 326 g/mol. The van der Waals surface area contributed by atoms with Crippen LogP contribution in [-0.2, 0) is 20.7 Å². The highest BCUT2D eigenvalue weighted by molar-refractivity contribution is 9.10. The lowest BCUT2D eigenvalue weighted by atomic mass is 10.0. The fourth-order valence-corrected chi connectivity index (χ4v) is 2.15. The van der Waals surface area contributed by atoms with Crippen LogP contribution >= 0.6 is 15.9 Å². The molecule has 0 saturated heterocycles. The van der Waals surface area contributed by atoms with Gasteiger partial charge in [0.1, 0.15) is 0 Å². The summed E-state index contributed by atoms with van der Waals surface area (Å²) in [5.74, 6) is -1.26. The molecule has 102 valence electrons. The number of ether oxygens (including phenoxy) is 1. The lowest BCUT2D eigenvalue weighted by Crippen LogP contribution is -2.06. The van der Waals surface area contributed by atoms with E-state index < -0.39 is 5.97 Å². The van der Waals surface area contributed by atoms with Crippen LogP contribution in [0.4, 0.5) is 0 Å². The van der Waals surface area contributed by atoms with Crippen molar-refractivity contribution in [3.8, 4) is 0 Å². The molecule has 1 aromatic rings. The number of carbonyl (C=O) groups is 2. The largest absolute Gasteiger partial charge is 0.478 e. The number of carboxylic acids is 1. The number of carbonyl (C=O) groups excluding carboxylic acids is 1. The second-order valence-corrected chi connectivity index (χ2v) is 4.64. The number of hydrogen-bond acceptors (Lipinski definition) is 3. The lowest BCUT2D eigenvalue weighted by molar-refractivity contribution is -0.143. The summed E-state index contributed by atoms with van der Waals surface area (Å²) in [5.41, 5.74) is 1.68. The van der Waals surface area contributed by atoms with Crippen LogP contribution in [0.15, 0.2) is 28.7 Å². The van der Waals surface area contributed by atoms with E-state index in [0.717, 1.165) is 21.7 Å². The maximum Gasteiger partial charge on any atom is 0.328 e. The molecule has 0 unspecified atom stereocenters. The zero-order chi connectivity index (χ0) is 14.3. The number of benzene rings is 1. The molecule has 1 aromatic carbocycles. The van der Waals surface area contributed by atoms with Gasteiger partial charge in [0.2, 0.25) is 0 Å². The zero-order valence-electron chi connectivity index (χ0n) is 10.6. The predicted molar refractivity (Wildman–Crippen MR) is 75.8 cm³/mol. The molecule has 0 spiro atoms. The Bertz CT molecular complexity index is 494. The van der Waals surface area contributed by atoms with Gasteiger partial charge in [0.25, 0.3) is 0 Å². The molecule has 0 heterocycles. The van der Waals surface area contributed by atoms with Gasteiger partial charge in [-0.25, -0.2) is 4.79 Å². The summed E-state index contributed by atoms with van der Waals surface area (Å²) in [4.78, 5) is 21.9. The van der Waals surface area contributed by atoms with Gasteiger partial charge < -0.3 is 9.84 Å². The Morgan fingerprint density at radius 2 is 2.16 bits per heavy atom. The minimum absolute atomic E-state index is 0.254. The van der Waals surface area contributed by atoms with Crippen molar-refractivity contribution >= 4 is 33.9 Å². The van der Waals surface area contributed by atoms with Crippen molar-refractivity contribution in [1.29, 1.82) is 0 Å². The smallest absolute Gasteiger partial charge is 0.328 e. The lowest BCUT2D eigenvalue weighted by Gasteiger charge is -2.08.